The van der Waals surface area contributed by atoms with Crippen LogP contribution in [0.15, 0.2) is 30.3 Å². The number of methoxy groups -OCH3 is 2. The minimum atomic E-state index is -1.17. The fourth-order valence-corrected chi connectivity index (χ4v) is 12.1. The van der Waals surface area contributed by atoms with Crippen molar-refractivity contribution in [3.8, 4) is 0 Å². The van der Waals surface area contributed by atoms with Crippen LogP contribution < -0.4 is 0 Å². The standard InChI is InChI=1S/C48H79N3O12/c1-15-35-48(10)40-29(4)37(50(21-22-51(40)45(55)63-48)26-33-19-17-16-18-20-33)27(2)24-47(9,57-14)42(62-44-38(52)34(49(11)12)23-28(3)58-44)30(5)39(31(6)43(54)60-35)61-36-25-46(8,56-13)41(53)32(7)59-36/h16-20,27-32,34-42,44,52-53H,15,21-26H2,1-14H3/t27-,28-,29+,30-,31+,32+,34+,35-,36+,37?,38-,39-,40-,41+,42+,44+,46-,47-,48-/m1/s1. The van der Waals surface area contributed by atoms with Crippen LogP contribution in [-0.4, -0.2) is 169 Å². The smallest absolute Gasteiger partial charge is 0.410 e. The van der Waals surface area contributed by atoms with Crippen molar-refractivity contribution in [2.75, 3.05) is 41.4 Å². The summed E-state index contributed by atoms with van der Waals surface area (Å²) in [6, 6.07) is 9.60. The van der Waals surface area contributed by atoms with E-state index in [2.05, 4.69) is 30.9 Å². The van der Waals surface area contributed by atoms with Gasteiger partial charge in [0, 0.05) is 58.3 Å². The minimum absolute atomic E-state index is 0.0636. The van der Waals surface area contributed by atoms with Crippen molar-refractivity contribution in [2.45, 2.75) is 192 Å². The maximum atomic E-state index is 14.9. The van der Waals surface area contributed by atoms with Gasteiger partial charge in [-0.25, -0.2) is 4.79 Å². The molecule has 6 rings (SSSR count). The molecule has 1 unspecified atom stereocenters. The van der Waals surface area contributed by atoms with E-state index in [0.29, 0.717) is 38.9 Å². The van der Waals surface area contributed by atoms with Crippen LogP contribution in [0.3, 0.4) is 0 Å². The third-order valence-electron chi connectivity index (χ3n) is 15.6. The first kappa shape index (κ1) is 50.0. The third-order valence-corrected chi connectivity index (χ3v) is 15.6. The van der Waals surface area contributed by atoms with Crippen LogP contribution in [0, 0.1) is 23.7 Å². The zero-order valence-electron chi connectivity index (χ0n) is 40.4. The van der Waals surface area contributed by atoms with Gasteiger partial charge in [-0.05, 0) is 92.3 Å². The van der Waals surface area contributed by atoms with Crippen molar-refractivity contribution >= 4 is 12.1 Å². The van der Waals surface area contributed by atoms with E-state index < -0.39 is 95.9 Å². The molecule has 63 heavy (non-hydrogen) atoms. The zero-order chi connectivity index (χ0) is 46.3. The van der Waals surface area contributed by atoms with E-state index in [1.165, 1.54) is 0 Å². The number of esters is 1. The molecule has 1 aromatic carbocycles. The number of benzene rings is 1. The van der Waals surface area contributed by atoms with E-state index >= 15 is 0 Å². The van der Waals surface area contributed by atoms with E-state index in [-0.39, 0.29) is 36.4 Å². The average molecular weight is 890 g/mol. The lowest BCUT2D eigenvalue weighted by Gasteiger charge is -2.51. The second-order valence-electron chi connectivity index (χ2n) is 20.3. The summed E-state index contributed by atoms with van der Waals surface area (Å²) < 4.78 is 52.5. The Hall–Kier alpha value is -2.44. The highest BCUT2D eigenvalue weighted by Gasteiger charge is 2.62. The molecule has 15 nitrogen and oxygen atoms in total. The molecule has 0 aliphatic carbocycles. The van der Waals surface area contributed by atoms with Gasteiger partial charge in [0.2, 0.25) is 0 Å². The Morgan fingerprint density at radius 1 is 0.873 bits per heavy atom. The normalized spacial score (nSPS) is 45.6. The number of aliphatic hydroxyl groups is 2. The highest BCUT2D eigenvalue weighted by Crippen LogP contribution is 2.47. The van der Waals surface area contributed by atoms with Crippen LogP contribution in [0.25, 0.3) is 0 Å². The van der Waals surface area contributed by atoms with Crippen LogP contribution in [0.2, 0.25) is 0 Å². The Kier molecular flexibility index (Phi) is 15.7. The monoisotopic (exact) mass is 890 g/mol. The molecule has 19 atom stereocenters. The number of cyclic esters (lactones) is 1. The average Bonchev–Trinajstić information content (AvgIpc) is 3.40. The molecule has 0 spiro atoms. The van der Waals surface area contributed by atoms with Crippen molar-refractivity contribution in [1.82, 2.24) is 14.7 Å². The summed E-state index contributed by atoms with van der Waals surface area (Å²) in [7, 11) is 7.11. The summed E-state index contributed by atoms with van der Waals surface area (Å²) in [5.41, 5.74) is -2.08. The van der Waals surface area contributed by atoms with Crippen molar-refractivity contribution < 1.29 is 57.7 Å². The number of fused-ring (bicyclic) bond motifs is 1. The number of likely N-dealkylation sites (N-methyl/N-ethyl adjacent to an activating group) is 1. The number of amides is 1. The van der Waals surface area contributed by atoms with E-state index in [0.717, 1.165) is 5.56 Å². The molecular weight excluding hydrogens is 811 g/mol. The molecule has 5 saturated heterocycles. The first-order valence-corrected chi connectivity index (χ1v) is 23.4. The molecule has 1 amide bonds. The molecule has 2 bridgehead atoms. The topological polar surface area (TPSA) is 158 Å². The Morgan fingerprint density at radius 2 is 1.54 bits per heavy atom. The number of rotatable bonds is 10. The molecule has 5 fully saturated rings. The number of hydrogen-bond donors (Lipinski definition) is 2. The summed E-state index contributed by atoms with van der Waals surface area (Å²) in [5.74, 6) is -2.27. The predicted molar refractivity (Wildman–Crippen MR) is 235 cm³/mol. The van der Waals surface area contributed by atoms with E-state index in [4.69, 9.17) is 37.9 Å². The van der Waals surface area contributed by atoms with Gasteiger partial charge >= 0.3 is 12.1 Å². The summed E-state index contributed by atoms with van der Waals surface area (Å²) in [4.78, 5) is 35.3. The summed E-state index contributed by atoms with van der Waals surface area (Å²) in [6.45, 7) is 21.4. The molecule has 0 aromatic heterocycles. The molecule has 0 radical (unpaired) electrons. The number of carbonyl (C=O) groups is 2. The molecule has 2 N–H and O–H groups in total. The van der Waals surface area contributed by atoms with Crippen molar-refractivity contribution in [3.05, 3.63) is 35.9 Å². The van der Waals surface area contributed by atoms with Crippen LogP contribution >= 0.6 is 0 Å². The van der Waals surface area contributed by atoms with E-state index in [1.807, 2.05) is 83.6 Å². The van der Waals surface area contributed by atoms with Crippen molar-refractivity contribution in [1.29, 1.82) is 0 Å². The highest BCUT2D eigenvalue weighted by molar-refractivity contribution is 5.74. The molecule has 1 aromatic rings. The SMILES string of the molecule is CC[C@H]1OC(=O)[C@@H](C)[C@H](O[C@H]2C[C@@](C)(OC)[C@@H](O)[C@H](C)O2)[C@@H](C)[C@H](O[C@@H]2O[C@H](C)C[C@H](N(C)C)[C@H]2O)[C@](C)(OC)C[C@@H](C)C2[C@H](C)[C@H]3N(CCN2Cc2ccccc2)C(=O)O[C@]13C. The number of carbonyl (C=O) groups excluding carboxylic acids is 2. The van der Waals surface area contributed by atoms with Crippen LogP contribution in [0.5, 0.6) is 0 Å². The lowest BCUT2D eigenvalue weighted by atomic mass is 9.71. The lowest BCUT2D eigenvalue weighted by molar-refractivity contribution is -0.319. The molecule has 5 aliphatic rings. The highest BCUT2D eigenvalue weighted by atomic mass is 16.7. The maximum Gasteiger partial charge on any atom is 0.410 e. The van der Waals surface area contributed by atoms with Crippen molar-refractivity contribution in [2.24, 2.45) is 23.7 Å². The van der Waals surface area contributed by atoms with Crippen LogP contribution in [0.4, 0.5) is 4.79 Å². The van der Waals surface area contributed by atoms with Crippen LogP contribution in [-0.2, 0) is 49.2 Å². The fourth-order valence-electron chi connectivity index (χ4n) is 12.1. The predicted octanol–water partition coefficient (Wildman–Crippen LogP) is 5.22. The second kappa shape index (κ2) is 19.8. The molecule has 358 valence electrons. The van der Waals surface area contributed by atoms with Gasteiger partial charge in [-0.2, -0.15) is 0 Å². The number of aliphatic hydroxyl groups excluding tert-OH is 2. The summed E-state index contributed by atoms with van der Waals surface area (Å²) >= 11 is 0. The lowest BCUT2D eigenvalue weighted by Crippen LogP contribution is -2.62. The maximum absolute atomic E-state index is 14.9. The molecule has 5 heterocycles. The Bertz CT molecular complexity index is 1690. The Labute approximate surface area is 376 Å². The van der Waals surface area contributed by atoms with Crippen LogP contribution in [0.1, 0.15) is 100 Å². The van der Waals surface area contributed by atoms with Gasteiger partial charge in [0.15, 0.2) is 18.2 Å². The van der Waals surface area contributed by atoms with E-state index in [9.17, 15) is 19.8 Å². The number of hydrogen-bond acceptors (Lipinski definition) is 14. The largest absolute Gasteiger partial charge is 0.458 e. The molecule has 5 aliphatic heterocycles. The molecule has 15 heteroatoms. The minimum Gasteiger partial charge on any atom is -0.458 e. The molecule has 0 saturated carbocycles. The van der Waals surface area contributed by atoms with E-state index in [1.54, 1.807) is 28.1 Å². The summed E-state index contributed by atoms with van der Waals surface area (Å²) in [5, 5.41) is 23.1. The fraction of sp³-hybridized carbons (Fsp3) is 0.833. The Balaban J connectivity index is 1.51. The van der Waals surface area contributed by atoms with Gasteiger partial charge in [0.25, 0.3) is 0 Å². The van der Waals surface area contributed by atoms with Gasteiger partial charge < -0.3 is 53.0 Å². The zero-order valence-corrected chi connectivity index (χ0v) is 40.4. The van der Waals surface area contributed by atoms with Gasteiger partial charge in [-0.3, -0.25) is 14.6 Å². The van der Waals surface area contributed by atoms with Gasteiger partial charge in [-0.15, -0.1) is 0 Å². The van der Waals surface area contributed by atoms with Gasteiger partial charge in [0.05, 0.1) is 47.6 Å². The second-order valence-corrected chi connectivity index (χ2v) is 20.3. The first-order chi connectivity index (χ1) is 29.6. The van der Waals surface area contributed by atoms with Crippen molar-refractivity contribution in [3.63, 3.8) is 0 Å². The molecular formula is C48H79N3O12. The number of ether oxygens (including phenoxy) is 8. The van der Waals surface area contributed by atoms with Gasteiger partial charge in [-0.1, -0.05) is 58.0 Å². The third kappa shape index (κ3) is 9.85. The number of nitrogens with zero attached hydrogens (tertiary/aromatic N) is 3. The van der Waals surface area contributed by atoms with Gasteiger partial charge in [0.1, 0.15) is 18.3 Å². The quantitative estimate of drug-likeness (QED) is 0.295. The Morgan fingerprint density at radius 3 is 2.16 bits per heavy atom. The first-order valence-electron chi connectivity index (χ1n) is 23.4. The summed E-state index contributed by atoms with van der Waals surface area (Å²) in [6.07, 6.45) is -5.99.